The van der Waals surface area contributed by atoms with Crippen molar-refractivity contribution < 1.29 is 8.42 Å². The third-order valence-electron chi connectivity index (χ3n) is 3.17. The molecule has 7 nitrogen and oxygen atoms in total. The lowest BCUT2D eigenvalue weighted by molar-refractivity contribution is 0.602. The van der Waals surface area contributed by atoms with Crippen LogP contribution >= 0.6 is 0 Å². The van der Waals surface area contributed by atoms with Crippen LogP contribution in [0.2, 0.25) is 0 Å². The molecular weight excluding hydrogens is 290 g/mol. The van der Waals surface area contributed by atoms with E-state index in [2.05, 4.69) is 14.8 Å². The number of nitrogens with one attached hydrogen (secondary N) is 2. The van der Waals surface area contributed by atoms with Gasteiger partial charge in [0.25, 0.3) is 10.0 Å². The number of benzene rings is 1. The zero-order valence-corrected chi connectivity index (χ0v) is 12.2. The summed E-state index contributed by atoms with van der Waals surface area (Å²) in [7, 11) is -3.68. The van der Waals surface area contributed by atoms with Gasteiger partial charge in [0.1, 0.15) is 4.90 Å². The number of aromatic nitrogens is 3. The molecule has 4 N–H and O–H groups in total. The topological polar surface area (TPSA) is 106 Å². The van der Waals surface area contributed by atoms with Gasteiger partial charge in [0.05, 0.1) is 11.9 Å². The van der Waals surface area contributed by atoms with Crippen LogP contribution in [0.1, 0.15) is 6.92 Å². The Morgan fingerprint density at radius 2 is 2.24 bits per heavy atom. The van der Waals surface area contributed by atoms with Gasteiger partial charge in [-0.3, -0.25) is 9.40 Å². The predicted octanol–water partition coefficient (Wildman–Crippen LogP) is 1.77. The van der Waals surface area contributed by atoms with Gasteiger partial charge in [-0.05, 0) is 25.1 Å². The van der Waals surface area contributed by atoms with E-state index in [0.29, 0.717) is 28.8 Å². The molecule has 0 aliphatic carbocycles. The lowest BCUT2D eigenvalue weighted by atomic mass is 10.2. The van der Waals surface area contributed by atoms with Gasteiger partial charge in [0.15, 0.2) is 0 Å². The normalized spacial score (nSPS) is 11.9. The first-order valence-electron chi connectivity index (χ1n) is 6.41. The van der Waals surface area contributed by atoms with Crippen molar-refractivity contribution in [1.29, 1.82) is 0 Å². The Labute approximate surface area is 121 Å². The highest BCUT2D eigenvalue weighted by Crippen LogP contribution is 2.26. The zero-order valence-electron chi connectivity index (χ0n) is 11.4. The molecule has 0 saturated heterocycles. The third-order valence-corrected chi connectivity index (χ3v) is 4.59. The fourth-order valence-electron chi connectivity index (χ4n) is 2.14. The summed E-state index contributed by atoms with van der Waals surface area (Å²) in [5.74, 6) is 0. The summed E-state index contributed by atoms with van der Waals surface area (Å²) in [5.41, 5.74) is 7.37. The highest BCUT2D eigenvalue weighted by molar-refractivity contribution is 7.93. The Hall–Kier alpha value is -2.48. The number of aromatic amines is 1. The van der Waals surface area contributed by atoms with Crippen molar-refractivity contribution in [1.82, 2.24) is 14.8 Å². The Morgan fingerprint density at radius 3 is 2.95 bits per heavy atom. The van der Waals surface area contributed by atoms with E-state index in [1.54, 1.807) is 29.1 Å². The second-order valence-corrected chi connectivity index (χ2v) is 6.30. The molecule has 0 atom stereocenters. The van der Waals surface area contributed by atoms with Gasteiger partial charge in [0, 0.05) is 35.5 Å². The summed E-state index contributed by atoms with van der Waals surface area (Å²) in [5, 5.41) is 4.64. The van der Waals surface area contributed by atoms with Gasteiger partial charge >= 0.3 is 0 Å². The zero-order chi connectivity index (χ0) is 15.0. The maximum absolute atomic E-state index is 12.5. The lowest BCUT2D eigenvalue weighted by Crippen LogP contribution is -2.12. The van der Waals surface area contributed by atoms with Gasteiger partial charge in [-0.2, -0.15) is 5.10 Å². The highest BCUT2D eigenvalue weighted by atomic mass is 32.2. The number of nitrogens with zero attached hydrogens (tertiary/aromatic N) is 2. The lowest BCUT2D eigenvalue weighted by Gasteiger charge is -2.04. The number of nitrogen functional groups attached to an aromatic ring is 1. The Balaban J connectivity index is 2.00. The summed E-state index contributed by atoms with van der Waals surface area (Å²) < 4.78 is 29.1. The smallest absolute Gasteiger partial charge is 0.264 e. The van der Waals surface area contributed by atoms with Crippen LogP contribution in [0.5, 0.6) is 0 Å². The van der Waals surface area contributed by atoms with Crippen molar-refractivity contribution in [3.8, 4) is 0 Å². The van der Waals surface area contributed by atoms with Crippen molar-refractivity contribution in [3.63, 3.8) is 0 Å². The number of rotatable bonds is 4. The first kappa shape index (κ1) is 13.5. The second-order valence-electron chi connectivity index (χ2n) is 4.65. The average Bonchev–Trinajstić information content (AvgIpc) is 3.04. The molecule has 3 rings (SSSR count). The first-order valence-corrected chi connectivity index (χ1v) is 7.90. The van der Waals surface area contributed by atoms with E-state index in [0.717, 1.165) is 0 Å². The largest absolute Gasteiger partial charge is 0.399 e. The number of hydrogen-bond donors (Lipinski definition) is 3. The molecule has 3 aromatic rings. The fraction of sp³-hybridized carbons (Fsp3) is 0.154. The molecular formula is C13H15N5O2S. The molecule has 0 unspecified atom stereocenters. The Bertz CT molecular complexity index is 894. The summed E-state index contributed by atoms with van der Waals surface area (Å²) in [6.45, 7) is 2.60. The standard InChI is InChI=1S/C13H15N5O2S/c1-2-18-8-10(6-16-18)17-21(19,20)13-7-15-12-5-9(14)3-4-11(12)13/h3-8,15,17H,2,14H2,1H3. The number of H-pyrrole nitrogens is 1. The van der Waals surface area contributed by atoms with Crippen molar-refractivity contribution >= 4 is 32.3 Å². The second kappa shape index (κ2) is 4.81. The number of fused-ring (bicyclic) bond motifs is 1. The van der Waals surface area contributed by atoms with Crippen LogP contribution in [-0.2, 0) is 16.6 Å². The van der Waals surface area contributed by atoms with Crippen molar-refractivity contribution in [2.75, 3.05) is 10.5 Å². The van der Waals surface area contributed by atoms with E-state index in [1.165, 1.54) is 12.4 Å². The molecule has 0 radical (unpaired) electrons. The van der Waals surface area contributed by atoms with Gasteiger partial charge in [0.2, 0.25) is 0 Å². The van der Waals surface area contributed by atoms with Gasteiger partial charge in [-0.25, -0.2) is 8.42 Å². The average molecular weight is 305 g/mol. The highest BCUT2D eigenvalue weighted by Gasteiger charge is 2.19. The molecule has 2 heterocycles. The van der Waals surface area contributed by atoms with Crippen LogP contribution in [0, 0.1) is 0 Å². The first-order chi connectivity index (χ1) is 9.99. The van der Waals surface area contributed by atoms with Crippen LogP contribution in [0.3, 0.4) is 0 Å². The van der Waals surface area contributed by atoms with Gasteiger partial charge < -0.3 is 10.7 Å². The van der Waals surface area contributed by atoms with Crippen LogP contribution in [0.25, 0.3) is 10.9 Å². The molecule has 0 aliphatic rings. The predicted molar refractivity (Wildman–Crippen MR) is 81.4 cm³/mol. The monoisotopic (exact) mass is 305 g/mol. The number of nitrogens with two attached hydrogens (primary N) is 1. The number of sulfonamides is 1. The summed E-state index contributed by atoms with van der Waals surface area (Å²) in [6.07, 6.45) is 4.58. The fourth-order valence-corrected chi connectivity index (χ4v) is 3.35. The minimum atomic E-state index is -3.68. The summed E-state index contributed by atoms with van der Waals surface area (Å²) in [6, 6.07) is 5.05. The SMILES string of the molecule is CCn1cc(NS(=O)(=O)c2c[nH]c3cc(N)ccc23)cn1. The van der Waals surface area contributed by atoms with E-state index in [1.807, 2.05) is 6.92 Å². The summed E-state index contributed by atoms with van der Waals surface area (Å²) in [4.78, 5) is 3.10. The van der Waals surface area contributed by atoms with Crippen molar-refractivity contribution in [2.24, 2.45) is 0 Å². The van der Waals surface area contributed by atoms with Gasteiger partial charge in [-0.1, -0.05) is 0 Å². The van der Waals surface area contributed by atoms with E-state index < -0.39 is 10.0 Å². The van der Waals surface area contributed by atoms with Crippen molar-refractivity contribution in [2.45, 2.75) is 18.4 Å². The van der Waals surface area contributed by atoms with Crippen LogP contribution in [0.15, 0.2) is 41.7 Å². The maximum atomic E-state index is 12.5. The minimum absolute atomic E-state index is 0.182. The van der Waals surface area contributed by atoms with E-state index in [9.17, 15) is 8.42 Å². The molecule has 21 heavy (non-hydrogen) atoms. The molecule has 0 fully saturated rings. The van der Waals surface area contributed by atoms with E-state index in [-0.39, 0.29) is 4.90 Å². The molecule has 0 saturated carbocycles. The quantitative estimate of drug-likeness (QED) is 0.639. The number of aryl methyl sites for hydroxylation is 1. The Morgan fingerprint density at radius 1 is 1.43 bits per heavy atom. The summed E-state index contributed by atoms with van der Waals surface area (Å²) >= 11 is 0. The molecule has 0 amide bonds. The molecule has 1 aromatic carbocycles. The molecule has 0 bridgehead atoms. The number of anilines is 2. The molecule has 8 heteroatoms. The molecule has 0 aliphatic heterocycles. The third kappa shape index (κ3) is 2.45. The van der Waals surface area contributed by atoms with E-state index >= 15 is 0 Å². The van der Waals surface area contributed by atoms with Gasteiger partial charge in [-0.15, -0.1) is 0 Å². The van der Waals surface area contributed by atoms with Crippen LogP contribution in [-0.4, -0.2) is 23.2 Å². The Kier molecular flexibility index (Phi) is 3.09. The minimum Gasteiger partial charge on any atom is -0.399 e. The molecule has 2 aromatic heterocycles. The van der Waals surface area contributed by atoms with E-state index in [4.69, 9.17) is 5.73 Å². The van der Waals surface area contributed by atoms with Crippen LogP contribution in [0.4, 0.5) is 11.4 Å². The molecule has 0 spiro atoms. The van der Waals surface area contributed by atoms with Crippen LogP contribution < -0.4 is 10.5 Å². The number of hydrogen-bond acceptors (Lipinski definition) is 4. The van der Waals surface area contributed by atoms with Crippen molar-refractivity contribution in [3.05, 3.63) is 36.8 Å². The molecule has 110 valence electrons. The maximum Gasteiger partial charge on any atom is 0.264 e.